The minimum absolute atomic E-state index is 0.0798. The highest BCUT2D eigenvalue weighted by Gasteiger charge is 2.49. The number of fused-ring (bicyclic) bond motifs is 1. The Bertz CT molecular complexity index is 555. The molecule has 0 bridgehead atoms. The van der Waals surface area contributed by atoms with Gasteiger partial charge >= 0.3 is 6.18 Å². The van der Waals surface area contributed by atoms with E-state index in [1.165, 1.54) is 6.20 Å². The number of nitrogens with zero attached hydrogens (tertiary/aromatic N) is 3. The first-order chi connectivity index (χ1) is 10.9. The third-order valence-electron chi connectivity index (χ3n) is 4.81. The maximum atomic E-state index is 12.6. The van der Waals surface area contributed by atoms with Crippen molar-refractivity contribution in [3.63, 3.8) is 0 Å². The van der Waals surface area contributed by atoms with Gasteiger partial charge in [-0.2, -0.15) is 18.3 Å². The van der Waals surface area contributed by atoms with Crippen LogP contribution in [0, 0.1) is 0 Å². The first-order valence-corrected chi connectivity index (χ1v) is 7.73. The molecule has 3 rings (SSSR count). The standard InChI is InChI=1S/C15H20F3N3O2/c1-22-10-14-4-2-6-21(14)11(3-5-14)9-23-12-7-13(15(16,17)18)20-19-8-12/h7-8,11H,2-6,9-10H2,1H3. The van der Waals surface area contributed by atoms with Gasteiger partial charge < -0.3 is 9.47 Å². The number of ether oxygens (including phenoxy) is 2. The molecule has 5 nitrogen and oxygen atoms in total. The molecule has 8 heteroatoms. The second kappa shape index (κ2) is 6.24. The zero-order valence-electron chi connectivity index (χ0n) is 13.0. The minimum atomic E-state index is -4.51. The van der Waals surface area contributed by atoms with Crippen LogP contribution in [0.1, 0.15) is 31.4 Å². The summed E-state index contributed by atoms with van der Waals surface area (Å²) in [4.78, 5) is 2.40. The van der Waals surface area contributed by atoms with Crippen molar-refractivity contribution >= 4 is 0 Å². The van der Waals surface area contributed by atoms with Crippen LogP contribution >= 0.6 is 0 Å². The molecule has 2 atom stereocenters. The van der Waals surface area contributed by atoms with Crippen LogP contribution in [0.4, 0.5) is 13.2 Å². The van der Waals surface area contributed by atoms with E-state index >= 15 is 0 Å². The van der Waals surface area contributed by atoms with Crippen molar-refractivity contribution in [1.82, 2.24) is 15.1 Å². The molecule has 0 aliphatic carbocycles. The number of hydrogen-bond donors (Lipinski definition) is 0. The van der Waals surface area contributed by atoms with Crippen molar-refractivity contribution in [3.8, 4) is 5.75 Å². The molecule has 0 amide bonds. The van der Waals surface area contributed by atoms with Crippen molar-refractivity contribution in [1.29, 1.82) is 0 Å². The monoisotopic (exact) mass is 331 g/mol. The molecular weight excluding hydrogens is 311 g/mol. The van der Waals surface area contributed by atoms with Gasteiger partial charge in [-0.1, -0.05) is 0 Å². The van der Waals surface area contributed by atoms with Gasteiger partial charge in [0.05, 0.1) is 12.8 Å². The molecule has 128 valence electrons. The first kappa shape index (κ1) is 16.4. The van der Waals surface area contributed by atoms with E-state index < -0.39 is 11.9 Å². The zero-order valence-corrected chi connectivity index (χ0v) is 13.0. The summed E-state index contributed by atoms with van der Waals surface area (Å²) in [6.45, 7) is 2.03. The molecular formula is C15H20F3N3O2. The van der Waals surface area contributed by atoms with Gasteiger partial charge in [0, 0.05) is 24.8 Å². The summed E-state index contributed by atoms with van der Waals surface area (Å²) in [6.07, 6.45) is 0.936. The van der Waals surface area contributed by atoms with E-state index in [0.29, 0.717) is 13.2 Å². The summed E-state index contributed by atoms with van der Waals surface area (Å²) in [5.41, 5.74) is -0.951. The van der Waals surface area contributed by atoms with E-state index in [1.807, 2.05) is 0 Å². The zero-order chi connectivity index (χ0) is 16.5. The van der Waals surface area contributed by atoms with Crippen LogP contribution in [0.15, 0.2) is 12.3 Å². The summed E-state index contributed by atoms with van der Waals surface area (Å²) >= 11 is 0. The molecule has 0 spiro atoms. The van der Waals surface area contributed by atoms with E-state index in [-0.39, 0.29) is 17.3 Å². The van der Waals surface area contributed by atoms with Crippen molar-refractivity contribution in [2.75, 3.05) is 26.9 Å². The Morgan fingerprint density at radius 2 is 2.22 bits per heavy atom. The number of halogens is 3. The highest BCUT2D eigenvalue weighted by molar-refractivity contribution is 5.21. The first-order valence-electron chi connectivity index (χ1n) is 7.73. The summed E-state index contributed by atoms with van der Waals surface area (Å²) in [5, 5.41) is 6.47. The van der Waals surface area contributed by atoms with Gasteiger partial charge in [0.1, 0.15) is 12.4 Å². The number of alkyl halides is 3. The van der Waals surface area contributed by atoms with Gasteiger partial charge in [-0.25, -0.2) is 0 Å². The predicted octanol–water partition coefficient (Wildman–Crippen LogP) is 2.52. The Balaban J connectivity index is 1.63. The third kappa shape index (κ3) is 3.28. The fourth-order valence-corrected chi connectivity index (χ4v) is 3.82. The number of hydrogen-bond acceptors (Lipinski definition) is 5. The van der Waals surface area contributed by atoms with Crippen LogP contribution in [-0.2, 0) is 10.9 Å². The molecule has 1 aromatic rings. The van der Waals surface area contributed by atoms with Crippen LogP contribution in [0.3, 0.4) is 0 Å². The van der Waals surface area contributed by atoms with E-state index in [4.69, 9.17) is 9.47 Å². The van der Waals surface area contributed by atoms with Gasteiger partial charge in [-0.15, -0.1) is 5.10 Å². The van der Waals surface area contributed by atoms with Gasteiger partial charge in [-0.05, 0) is 32.2 Å². The van der Waals surface area contributed by atoms with Crippen LogP contribution in [-0.4, -0.2) is 53.5 Å². The highest BCUT2D eigenvalue weighted by Crippen LogP contribution is 2.42. The van der Waals surface area contributed by atoms with Gasteiger partial charge in [0.2, 0.25) is 0 Å². The molecule has 23 heavy (non-hydrogen) atoms. The minimum Gasteiger partial charge on any atom is -0.490 e. The maximum absolute atomic E-state index is 12.6. The molecule has 0 saturated carbocycles. The number of aromatic nitrogens is 2. The Kier molecular flexibility index (Phi) is 4.46. The molecule has 0 aromatic carbocycles. The van der Waals surface area contributed by atoms with Crippen molar-refractivity contribution in [3.05, 3.63) is 18.0 Å². The fraction of sp³-hybridized carbons (Fsp3) is 0.733. The van der Waals surface area contributed by atoms with Crippen molar-refractivity contribution < 1.29 is 22.6 Å². The summed E-state index contributed by atoms with van der Waals surface area (Å²) in [7, 11) is 1.70. The van der Waals surface area contributed by atoms with E-state index in [0.717, 1.165) is 38.3 Å². The lowest BCUT2D eigenvalue weighted by Gasteiger charge is -2.34. The Morgan fingerprint density at radius 3 is 2.96 bits per heavy atom. The Morgan fingerprint density at radius 1 is 1.39 bits per heavy atom. The van der Waals surface area contributed by atoms with Crippen LogP contribution in [0.25, 0.3) is 0 Å². The van der Waals surface area contributed by atoms with Gasteiger partial charge in [-0.3, -0.25) is 4.90 Å². The molecule has 2 saturated heterocycles. The molecule has 3 heterocycles. The van der Waals surface area contributed by atoms with Crippen LogP contribution < -0.4 is 4.74 Å². The predicted molar refractivity (Wildman–Crippen MR) is 76.1 cm³/mol. The van der Waals surface area contributed by atoms with Crippen molar-refractivity contribution in [2.24, 2.45) is 0 Å². The highest BCUT2D eigenvalue weighted by atomic mass is 19.4. The van der Waals surface area contributed by atoms with Crippen LogP contribution in [0.2, 0.25) is 0 Å². The molecule has 2 aliphatic heterocycles. The molecule has 2 unspecified atom stereocenters. The third-order valence-corrected chi connectivity index (χ3v) is 4.81. The summed E-state index contributed by atoms with van der Waals surface area (Å²) < 4.78 is 48.9. The average Bonchev–Trinajstić information content (AvgIpc) is 3.04. The Labute approximate surface area is 132 Å². The Hall–Kier alpha value is -1.41. The molecule has 1 aromatic heterocycles. The quantitative estimate of drug-likeness (QED) is 0.830. The normalized spacial score (nSPS) is 28.1. The topological polar surface area (TPSA) is 47.5 Å². The average molecular weight is 331 g/mol. The van der Waals surface area contributed by atoms with Crippen molar-refractivity contribution in [2.45, 2.75) is 43.4 Å². The second-order valence-electron chi connectivity index (χ2n) is 6.23. The molecule has 0 N–H and O–H groups in total. The molecule has 2 fully saturated rings. The lowest BCUT2D eigenvalue weighted by molar-refractivity contribution is -0.141. The van der Waals surface area contributed by atoms with Crippen LogP contribution in [0.5, 0.6) is 5.75 Å². The van der Waals surface area contributed by atoms with E-state index in [1.54, 1.807) is 7.11 Å². The van der Waals surface area contributed by atoms with E-state index in [2.05, 4.69) is 15.1 Å². The number of rotatable bonds is 5. The lowest BCUT2D eigenvalue weighted by atomic mass is 9.95. The SMILES string of the molecule is COCC12CCCN1C(COc1cnnc(C(F)(F)F)c1)CC2. The molecule has 0 radical (unpaired) electrons. The second-order valence-corrected chi connectivity index (χ2v) is 6.23. The largest absolute Gasteiger partial charge is 0.490 e. The smallest absolute Gasteiger partial charge is 0.435 e. The summed E-state index contributed by atoms with van der Waals surface area (Å²) in [6, 6.07) is 1.10. The maximum Gasteiger partial charge on any atom is 0.435 e. The van der Waals surface area contributed by atoms with E-state index in [9.17, 15) is 13.2 Å². The fourth-order valence-electron chi connectivity index (χ4n) is 3.82. The van der Waals surface area contributed by atoms with Gasteiger partial charge in [0.15, 0.2) is 5.69 Å². The molecule has 2 aliphatic rings. The summed E-state index contributed by atoms with van der Waals surface area (Å²) in [5.74, 6) is 0.107. The van der Waals surface area contributed by atoms with Gasteiger partial charge in [0.25, 0.3) is 0 Å². The number of methoxy groups -OCH3 is 1. The lowest BCUT2D eigenvalue weighted by Crippen LogP contribution is -2.47.